The molecule has 88 valence electrons. The van der Waals surface area contributed by atoms with Gasteiger partial charge in [0, 0.05) is 19.0 Å². The quantitative estimate of drug-likeness (QED) is 0.762. The van der Waals surface area contributed by atoms with E-state index in [0.29, 0.717) is 19.0 Å². The largest absolute Gasteiger partial charge is 0.389 e. The first-order valence-corrected chi connectivity index (χ1v) is 5.60. The van der Waals surface area contributed by atoms with E-state index in [9.17, 15) is 9.90 Å². The molecule has 4 nitrogen and oxygen atoms in total. The standard InChI is InChI=1S/C11H22N2O2/c1-9(2)12-7-5-6-10(14)13(12)8-11(3,4)15/h9,15H,5-8H2,1-4H3. The molecule has 0 saturated carbocycles. The van der Waals surface area contributed by atoms with Gasteiger partial charge in [-0.05, 0) is 34.1 Å². The van der Waals surface area contributed by atoms with Crippen LogP contribution in [0.5, 0.6) is 0 Å². The van der Waals surface area contributed by atoms with Crippen LogP contribution in [-0.4, -0.2) is 45.8 Å². The number of hydrogen-bond donors (Lipinski definition) is 1. The van der Waals surface area contributed by atoms with E-state index in [2.05, 4.69) is 13.8 Å². The van der Waals surface area contributed by atoms with Crippen LogP contribution in [0.2, 0.25) is 0 Å². The van der Waals surface area contributed by atoms with Gasteiger partial charge in [0.1, 0.15) is 0 Å². The zero-order valence-electron chi connectivity index (χ0n) is 10.2. The molecule has 1 heterocycles. The van der Waals surface area contributed by atoms with Crippen molar-refractivity contribution >= 4 is 5.91 Å². The molecular formula is C11H22N2O2. The summed E-state index contributed by atoms with van der Waals surface area (Å²) in [5.41, 5.74) is -0.833. The molecule has 0 aliphatic carbocycles. The fourth-order valence-electron chi connectivity index (χ4n) is 1.87. The lowest BCUT2D eigenvalue weighted by Crippen LogP contribution is -2.57. The number of hydrogen-bond acceptors (Lipinski definition) is 3. The number of rotatable bonds is 3. The number of aliphatic hydroxyl groups is 1. The zero-order chi connectivity index (χ0) is 11.6. The number of carbonyl (C=O) groups excluding carboxylic acids is 1. The zero-order valence-corrected chi connectivity index (χ0v) is 10.2. The summed E-state index contributed by atoms with van der Waals surface area (Å²) in [4.78, 5) is 11.8. The van der Waals surface area contributed by atoms with Crippen LogP contribution in [-0.2, 0) is 4.79 Å². The van der Waals surface area contributed by atoms with Crippen LogP contribution in [0.4, 0.5) is 0 Å². The number of carbonyl (C=O) groups is 1. The highest BCUT2D eigenvalue weighted by atomic mass is 16.3. The van der Waals surface area contributed by atoms with Gasteiger partial charge in [-0.25, -0.2) is 5.01 Å². The van der Waals surface area contributed by atoms with E-state index in [1.807, 2.05) is 5.01 Å². The molecule has 1 N–H and O–H groups in total. The molecule has 0 atom stereocenters. The Labute approximate surface area is 91.8 Å². The lowest BCUT2D eigenvalue weighted by Gasteiger charge is -2.43. The molecule has 1 fully saturated rings. The van der Waals surface area contributed by atoms with Crippen molar-refractivity contribution in [3.05, 3.63) is 0 Å². The summed E-state index contributed by atoms with van der Waals surface area (Å²) in [7, 11) is 0. The van der Waals surface area contributed by atoms with Crippen LogP contribution in [0.25, 0.3) is 0 Å². The van der Waals surface area contributed by atoms with E-state index in [4.69, 9.17) is 0 Å². The lowest BCUT2D eigenvalue weighted by molar-refractivity contribution is -0.167. The molecule has 0 aromatic heterocycles. The average Bonchev–Trinajstić information content (AvgIpc) is 2.05. The summed E-state index contributed by atoms with van der Waals surface area (Å²) >= 11 is 0. The third-order valence-corrected chi connectivity index (χ3v) is 2.51. The summed E-state index contributed by atoms with van der Waals surface area (Å²) in [6, 6.07) is 0.302. The molecular weight excluding hydrogens is 192 g/mol. The molecule has 4 heteroatoms. The molecule has 1 aliphatic rings. The topological polar surface area (TPSA) is 43.8 Å². The van der Waals surface area contributed by atoms with E-state index in [1.54, 1.807) is 18.9 Å². The van der Waals surface area contributed by atoms with E-state index >= 15 is 0 Å². The molecule has 1 rings (SSSR count). The highest BCUT2D eigenvalue weighted by molar-refractivity contribution is 5.76. The number of nitrogens with zero attached hydrogens (tertiary/aromatic N) is 2. The Balaban J connectivity index is 2.73. The van der Waals surface area contributed by atoms with Gasteiger partial charge in [-0.2, -0.15) is 0 Å². The number of hydrazine groups is 1. The molecule has 15 heavy (non-hydrogen) atoms. The lowest BCUT2D eigenvalue weighted by atomic mass is 10.1. The normalized spacial score (nSPS) is 20.1. The van der Waals surface area contributed by atoms with E-state index < -0.39 is 5.60 Å². The van der Waals surface area contributed by atoms with Crippen molar-refractivity contribution in [3.63, 3.8) is 0 Å². The molecule has 1 saturated heterocycles. The summed E-state index contributed by atoms with van der Waals surface area (Å²) in [6.07, 6.45) is 1.51. The third-order valence-electron chi connectivity index (χ3n) is 2.51. The molecule has 0 radical (unpaired) electrons. The Morgan fingerprint density at radius 3 is 2.53 bits per heavy atom. The van der Waals surface area contributed by atoms with Gasteiger partial charge in [-0.1, -0.05) is 0 Å². The molecule has 0 unspecified atom stereocenters. The van der Waals surface area contributed by atoms with Gasteiger partial charge in [0.25, 0.3) is 0 Å². The van der Waals surface area contributed by atoms with Gasteiger partial charge in [-0.3, -0.25) is 9.80 Å². The Morgan fingerprint density at radius 2 is 2.07 bits per heavy atom. The molecule has 0 spiro atoms. The van der Waals surface area contributed by atoms with Gasteiger partial charge in [-0.15, -0.1) is 0 Å². The minimum Gasteiger partial charge on any atom is -0.389 e. The fourth-order valence-corrected chi connectivity index (χ4v) is 1.87. The molecule has 1 amide bonds. The van der Waals surface area contributed by atoms with Crippen LogP contribution in [0.15, 0.2) is 0 Å². The van der Waals surface area contributed by atoms with Crippen molar-refractivity contribution in [2.24, 2.45) is 0 Å². The Hall–Kier alpha value is -0.610. The van der Waals surface area contributed by atoms with E-state index in [1.165, 1.54) is 0 Å². The first kappa shape index (κ1) is 12.5. The molecule has 0 aromatic rings. The Kier molecular flexibility index (Phi) is 3.73. The van der Waals surface area contributed by atoms with Gasteiger partial charge >= 0.3 is 0 Å². The minimum atomic E-state index is -0.833. The van der Waals surface area contributed by atoms with Crippen molar-refractivity contribution in [2.75, 3.05) is 13.1 Å². The predicted molar refractivity (Wildman–Crippen MR) is 59.1 cm³/mol. The van der Waals surface area contributed by atoms with Crippen molar-refractivity contribution in [3.8, 4) is 0 Å². The SMILES string of the molecule is CC(C)N1CCCC(=O)N1CC(C)(C)O. The van der Waals surface area contributed by atoms with Gasteiger partial charge in [0.05, 0.1) is 12.1 Å². The van der Waals surface area contributed by atoms with Crippen LogP contribution in [0, 0.1) is 0 Å². The first-order chi connectivity index (χ1) is 6.81. The van der Waals surface area contributed by atoms with Gasteiger partial charge in [0.2, 0.25) is 5.91 Å². The Bertz CT molecular complexity index is 233. The average molecular weight is 214 g/mol. The maximum Gasteiger partial charge on any atom is 0.237 e. The molecule has 0 aromatic carbocycles. The highest BCUT2D eigenvalue weighted by Crippen LogP contribution is 2.18. The van der Waals surface area contributed by atoms with Gasteiger partial charge in [0.15, 0.2) is 0 Å². The molecule has 0 bridgehead atoms. The number of amides is 1. The summed E-state index contributed by atoms with van der Waals surface area (Å²) < 4.78 is 0. The number of β-amino-alcohol motifs (C(OH)–C–C–N with tert-alkyl or cyclic N) is 1. The fraction of sp³-hybridized carbons (Fsp3) is 0.909. The van der Waals surface area contributed by atoms with E-state index in [-0.39, 0.29) is 5.91 Å². The second-order valence-corrected chi connectivity index (χ2v) is 5.12. The maximum atomic E-state index is 11.8. The smallest absolute Gasteiger partial charge is 0.237 e. The second-order valence-electron chi connectivity index (χ2n) is 5.12. The minimum absolute atomic E-state index is 0.122. The monoisotopic (exact) mass is 214 g/mol. The second kappa shape index (κ2) is 4.49. The van der Waals surface area contributed by atoms with Crippen molar-refractivity contribution < 1.29 is 9.90 Å². The van der Waals surface area contributed by atoms with E-state index in [0.717, 1.165) is 13.0 Å². The predicted octanol–water partition coefficient (Wildman–Crippen LogP) is 1.01. The molecule has 1 aliphatic heterocycles. The highest BCUT2D eigenvalue weighted by Gasteiger charge is 2.31. The first-order valence-electron chi connectivity index (χ1n) is 5.60. The summed E-state index contributed by atoms with van der Waals surface area (Å²) in [5.74, 6) is 0.122. The van der Waals surface area contributed by atoms with Crippen molar-refractivity contribution in [1.29, 1.82) is 0 Å². The summed E-state index contributed by atoms with van der Waals surface area (Å²) in [6.45, 7) is 8.87. The van der Waals surface area contributed by atoms with Crippen LogP contribution in [0.3, 0.4) is 0 Å². The summed E-state index contributed by atoms with van der Waals surface area (Å²) in [5, 5.41) is 13.5. The van der Waals surface area contributed by atoms with Gasteiger partial charge < -0.3 is 5.11 Å². The van der Waals surface area contributed by atoms with Crippen LogP contribution >= 0.6 is 0 Å². The third kappa shape index (κ3) is 3.47. The van der Waals surface area contributed by atoms with Crippen molar-refractivity contribution in [2.45, 2.75) is 52.2 Å². The maximum absolute atomic E-state index is 11.8. The van der Waals surface area contributed by atoms with Crippen molar-refractivity contribution in [1.82, 2.24) is 10.0 Å². The Morgan fingerprint density at radius 1 is 1.47 bits per heavy atom. The van der Waals surface area contributed by atoms with Crippen LogP contribution in [0.1, 0.15) is 40.5 Å². The van der Waals surface area contributed by atoms with Crippen LogP contribution < -0.4 is 0 Å².